The number of Topliss-reactive ketones (excluding diaryl/α,β-unsaturated/α-hetero) is 2. The molecule has 3 nitrogen and oxygen atoms in total. The van der Waals surface area contributed by atoms with Gasteiger partial charge in [0.25, 0.3) is 0 Å². The Labute approximate surface area is 148 Å². The summed E-state index contributed by atoms with van der Waals surface area (Å²) in [5.74, 6) is -0.0220. The third kappa shape index (κ3) is 2.11. The van der Waals surface area contributed by atoms with Crippen LogP contribution in [0.5, 0.6) is 5.75 Å². The van der Waals surface area contributed by atoms with E-state index in [1.165, 1.54) is 0 Å². The molecular formula is C22H24O3. The van der Waals surface area contributed by atoms with Crippen molar-refractivity contribution in [3.05, 3.63) is 65.3 Å². The average molecular weight is 336 g/mol. The molecule has 130 valence electrons. The van der Waals surface area contributed by atoms with Crippen molar-refractivity contribution in [1.29, 1.82) is 0 Å². The topological polar surface area (TPSA) is 54.4 Å². The number of fused-ring (bicyclic) bond motifs is 1. The van der Waals surface area contributed by atoms with Crippen LogP contribution in [0.1, 0.15) is 45.6 Å². The van der Waals surface area contributed by atoms with Crippen LogP contribution in [-0.2, 0) is 9.59 Å². The molecule has 0 spiro atoms. The Hall–Kier alpha value is -2.42. The Morgan fingerprint density at radius 2 is 1.64 bits per heavy atom. The lowest BCUT2D eigenvalue weighted by molar-refractivity contribution is -0.147. The van der Waals surface area contributed by atoms with Gasteiger partial charge in [-0.15, -0.1) is 0 Å². The Balaban J connectivity index is 2.32. The van der Waals surface area contributed by atoms with Crippen LogP contribution in [0.25, 0.3) is 0 Å². The maximum atomic E-state index is 13.4. The van der Waals surface area contributed by atoms with E-state index in [-0.39, 0.29) is 23.2 Å². The number of phenols is 1. The van der Waals surface area contributed by atoms with E-state index in [9.17, 15) is 14.7 Å². The van der Waals surface area contributed by atoms with Crippen molar-refractivity contribution in [3.8, 4) is 5.75 Å². The molecule has 0 aromatic heterocycles. The summed E-state index contributed by atoms with van der Waals surface area (Å²) in [5.41, 5.74) is 1.32. The van der Waals surface area contributed by atoms with Crippen molar-refractivity contribution < 1.29 is 14.7 Å². The van der Waals surface area contributed by atoms with Crippen molar-refractivity contribution in [1.82, 2.24) is 0 Å². The maximum absolute atomic E-state index is 13.4. The monoisotopic (exact) mass is 336 g/mol. The number of carbonyl (C=O) groups excluding carboxylic acids is 2. The molecular weight excluding hydrogens is 312 g/mol. The molecule has 0 saturated heterocycles. The summed E-state index contributed by atoms with van der Waals surface area (Å²) in [6.07, 6.45) is 4.33. The third-order valence-electron chi connectivity index (χ3n) is 6.48. The van der Waals surface area contributed by atoms with Gasteiger partial charge in [-0.2, -0.15) is 0 Å². The van der Waals surface area contributed by atoms with Gasteiger partial charge >= 0.3 is 0 Å². The maximum Gasteiger partial charge on any atom is 0.166 e. The minimum Gasteiger partial charge on any atom is -0.508 e. The van der Waals surface area contributed by atoms with E-state index in [0.717, 1.165) is 11.1 Å². The zero-order valence-electron chi connectivity index (χ0n) is 15.2. The summed E-state index contributed by atoms with van der Waals surface area (Å²) in [7, 11) is 0. The van der Waals surface area contributed by atoms with Gasteiger partial charge in [-0.1, -0.05) is 44.7 Å². The predicted molar refractivity (Wildman–Crippen MR) is 98.3 cm³/mol. The van der Waals surface area contributed by atoms with E-state index in [2.05, 4.69) is 6.58 Å². The number of benzene rings is 1. The second-order valence-corrected chi connectivity index (χ2v) is 7.58. The molecule has 3 heteroatoms. The van der Waals surface area contributed by atoms with Crippen LogP contribution in [0, 0.1) is 10.8 Å². The van der Waals surface area contributed by atoms with Crippen LogP contribution >= 0.6 is 0 Å². The van der Waals surface area contributed by atoms with Crippen molar-refractivity contribution in [2.45, 2.75) is 40.0 Å². The summed E-state index contributed by atoms with van der Waals surface area (Å²) in [6, 6.07) is 6.89. The predicted octanol–water partition coefficient (Wildman–Crippen LogP) is 4.49. The van der Waals surface area contributed by atoms with Crippen LogP contribution in [-0.4, -0.2) is 16.7 Å². The molecule has 0 unspecified atom stereocenters. The number of hydrogen-bond acceptors (Lipinski definition) is 3. The summed E-state index contributed by atoms with van der Waals surface area (Å²) >= 11 is 0. The van der Waals surface area contributed by atoms with Gasteiger partial charge < -0.3 is 5.11 Å². The van der Waals surface area contributed by atoms with Crippen LogP contribution in [0.4, 0.5) is 0 Å². The highest BCUT2D eigenvalue weighted by atomic mass is 16.3. The minimum absolute atomic E-state index is 0.0256. The smallest absolute Gasteiger partial charge is 0.166 e. The van der Waals surface area contributed by atoms with Gasteiger partial charge in [0, 0.05) is 11.3 Å². The molecule has 0 radical (unpaired) electrons. The Morgan fingerprint density at radius 1 is 1.08 bits per heavy atom. The number of ketones is 2. The van der Waals surface area contributed by atoms with Gasteiger partial charge in [0.2, 0.25) is 0 Å². The van der Waals surface area contributed by atoms with Gasteiger partial charge in [-0.3, -0.25) is 9.59 Å². The van der Waals surface area contributed by atoms with Crippen LogP contribution in [0.3, 0.4) is 0 Å². The molecule has 0 bridgehead atoms. The lowest BCUT2D eigenvalue weighted by Crippen LogP contribution is -2.57. The SMILES string of the molecule is C=CC1=CC[C@@]2(C)C(=O)C(C)=C(C)C(=O)[C@@]2(C)[C@H]1c1ccc(O)cc1. The van der Waals surface area contributed by atoms with Crippen molar-refractivity contribution in [3.63, 3.8) is 0 Å². The zero-order valence-corrected chi connectivity index (χ0v) is 15.2. The fourth-order valence-corrected chi connectivity index (χ4v) is 4.55. The average Bonchev–Trinajstić information content (AvgIpc) is 2.61. The zero-order chi connectivity index (χ0) is 18.6. The highest BCUT2D eigenvalue weighted by Crippen LogP contribution is 2.62. The molecule has 3 atom stereocenters. The first-order valence-corrected chi connectivity index (χ1v) is 8.57. The van der Waals surface area contributed by atoms with Crippen molar-refractivity contribution in [2.75, 3.05) is 0 Å². The van der Waals surface area contributed by atoms with E-state index in [1.54, 1.807) is 32.1 Å². The second-order valence-electron chi connectivity index (χ2n) is 7.58. The summed E-state index contributed by atoms with van der Waals surface area (Å²) < 4.78 is 0. The number of allylic oxidation sites excluding steroid dienone is 5. The number of phenolic OH excluding ortho intramolecular Hbond substituents is 1. The molecule has 0 amide bonds. The van der Waals surface area contributed by atoms with E-state index in [1.807, 2.05) is 32.1 Å². The standard InChI is InChI=1S/C22H24O3/c1-6-15-11-12-21(4)19(24)13(2)14(3)20(25)22(21,5)18(15)16-7-9-17(23)10-8-16/h6-11,18,23H,1,12H2,2-5H3/t18-,21+,22-/m1/s1. The van der Waals surface area contributed by atoms with E-state index < -0.39 is 10.8 Å². The molecule has 0 fully saturated rings. The number of hydrogen-bond donors (Lipinski definition) is 1. The molecule has 0 saturated carbocycles. The van der Waals surface area contributed by atoms with Gasteiger partial charge in [-0.25, -0.2) is 0 Å². The fourth-order valence-electron chi connectivity index (χ4n) is 4.55. The molecule has 25 heavy (non-hydrogen) atoms. The normalized spacial score (nSPS) is 32.3. The first-order valence-electron chi connectivity index (χ1n) is 8.57. The number of carbonyl (C=O) groups is 2. The van der Waals surface area contributed by atoms with Gasteiger partial charge in [0.15, 0.2) is 11.6 Å². The lowest BCUT2D eigenvalue weighted by atomic mass is 9.45. The Kier molecular flexibility index (Phi) is 3.86. The number of rotatable bonds is 2. The van der Waals surface area contributed by atoms with Crippen LogP contribution in [0.2, 0.25) is 0 Å². The summed E-state index contributed by atoms with van der Waals surface area (Å²) in [4.78, 5) is 26.6. The largest absolute Gasteiger partial charge is 0.508 e. The number of aromatic hydroxyl groups is 1. The third-order valence-corrected chi connectivity index (χ3v) is 6.48. The molecule has 1 aromatic rings. The van der Waals surface area contributed by atoms with Gasteiger partial charge in [0.1, 0.15) is 5.75 Å². The molecule has 1 aromatic carbocycles. The molecule has 1 N–H and O–H groups in total. The highest BCUT2D eigenvalue weighted by molar-refractivity contribution is 6.17. The van der Waals surface area contributed by atoms with Crippen molar-refractivity contribution >= 4 is 11.6 Å². The molecule has 0 heterocycles. The second kappa shape index (κ2) is 5.55. The highest BCUT2D eigenvalue weighted by Gasteiger charge is 2.63. The van der Waals surface area contributed by atoms with Crippen LogP contribution < -0.4 is 0 Å². The van der Waals surface area contributed by atoms with E-state index in [0.29, 0.717) is 17.6 Å². The Bertz CT molecular complexity index is 841. The van der Waals surface area contributed by atoms with Crippen molar-refractivity contribution in [2.24, 2.45) is 10.8 Å². The summed E-state index contributed by atoms with van der Waals surface area (Å²) in [6.45, 7) is 11.2. The van der Waals surface area contributed by atoms with Crippen LogP contribution in [0.15, 0.2) is 59.7 Å². The summed E-state index contributed by atoms with van der Waals surface area (Å²) in [5, 5.41) is 9.63. The van der Waals surface area contributed by atoms with E-state index >= 15 is 0 Å². The van der Waals surface area contributed by atoms with Gasteiger partial charge in [0.05, 0.1) is 5.41 Å². The van der Waals surface area contributed by atoms with Gasteiger partial charge in [-0.05, 0) is 54.7 Å². The molecule has 0 aliphatic heterocycles. The first kappa shape index (κ1) is 17.4. The molecule has 3 rings (SSSR count). The lowest BCUT2D eigenvalue weighted by Gasteiger charge is -2.54. The Morgan fingerprint density at radius 3 is 2.20 bits per heavy atom. The molecule has 2 aliphatic rings. The quantitative estimate of drug-likeness (QED) is 0.865. The first-order chi connectivity index (χ1) is 11.7. The minimum atomic E-state index is -0.886. The molecule has 2 aliphatic carbocycles. The van der Waals surface area contributed by atoms with E-state index in [4.69, 9.17) is 0 Å². The fraction of sp³-hybridized carbons (Fsp3) is 0.364.